The van der Waals surface area contributed by atoms with Crippen LogP contribution in [0.2, 0.25) is 0 Å². The summed E-state index contributed by atoms with van der Waals surface area (Å²) in [6, 6.07) is 31.8. The molecule has 0 unspecified atom stereocenters. The van der Waals surface area contributed by atoms with Crippen LogP contribution < -0.4 is 10.00 Å². The molecule has 0 spiro atoms. The minimum atomic E-state index is 0. The summed E-state index contributed by atoms with van der Waals surface area (Å²) in [5.41, 5.74) is 5.23. The molecule has 6 rings (SSSR count). The summed E-state index contributed by atoms with van der Waals surface area (Å²) in [5, 5.41) is 9.12. The normalized spacial score (nSPS) is 13.3. The molecule has 3 heterocycles. The van der Waals surface area contributed by atoms with E-state index in [-0.39, 0.29) is 26.5 Å². The molecule has 0 bridgehead atoms. The van der Waals surface area contributed by atoms with Gasteiger partial charge < -0.3 is 22.8 Å². The molecule has 194 valence electrons. The van der Waals surface area contributed by atoms with E-state index in [2.05, 4.69) is 46.1 Å². The Labute approximate surface area is 244 Å². The van der Waals surface area contributed by atoms with Crippen LogP contribution >= 0.6 is 0 Å². The van der Waals surface area contributed by atoms with Crippen LogP contribution in [0, 0.1) is 0 Å². The molecule has 5 nitrogen and oxygen atoms in total. The Kier molecular flexibility index (Phi) is 9.08. The summed E-state index contributed by atoms with van der Waals surface area (Å²) in [6.07, 6.45) is 5.11. The first-order chi connectivity index (χ1) is 18.0. The van der Waals surface area contributed by atoms with Gasteiger partial charge in [-0.05, 0) is 61.2 Å². The number of rotatable bonds is 4. The fourth-order valence-electron chi connectivity index (χ4n) is 4.69. The molecule has 5 aromatic rings. The molecule has 0 N–H and O–H groups in total. The third kappa shape index (κ3) is 6.20. The van der Waals surface area contributed by atoms with Crippen LogP contribution in [0.15, 0.2) is 108 Å². The summed E-state index contributed by atoms with van der Waals surface area (Å²) in [7, 11) is 0. The maximum Gasteiger partial charge on any atom is 2.00 e. The summed E-state index contributed by atoms with van der Waals surface area (Å²) < 4.78 is 0. The third-order valence-corrected chi connectivity index (χ3v) is 6.81. The fraction of sp³-hybridized carbons (Fsp3) is 0.194. The predicted octanol–water partition coefficient (Wildman–Crippen LogP) is 7.17. The van der Waals surface area contributed by atoms with E-state index in [1.54, 1.807) is 6.20 Å². The molecular weight excluding hydrogens is 670 g/mol. The van der Waals surface area contributed by atoms with Crippen molar-refractivity contribution in [3.8, 4) is 11.4 Å². The van der Waals surface area contributed by atoms with Gasteiger partial charge in [0.25, 0.3) is 0 Å². The van der Waals surface area contributed by atoms with Crippen molar-refractivity contribution in [2.24, 2.45) is 0 Å². The number of aromatic nitrogens is 4. The third-order valence-electron chi connectivity index (χ3n) is 6.53. The van der Waals surface area contributed by atoms with Crippen LogP contribution in [0.1, 0.15) is 37.9 Å². The van der Waals surface area contributed by atoms with Crippen molar-refractivity contribution in [3.63, 3.8) is 0 Å². The van der Waals surface area contributed by atoms with E-state index in [0.29, 0.717) is 0 Å². The molecule has 38 heavy (non-hydrogen) atoms. The summed E-state index contributed by atoms with van der Waals surface area (Å²) in [4.78, 5) is 12.5. The van der Waals surface area contributed by atoms with Crippen molar-refractivity contribution in [1.29, 1.82) is 0 Å². The van der Waals surface area contributed by atoms with Crippen molar-refractivity contribution in [2.75, 3.05) is 4.90 Å². The molecule has 0 saturated carbocycles. The maximum absolute atomic E-state index is 5.01. The average molecular weight is 699 g/mol. The zero-order chi connectivity index (χ0) is 25.7. The van der Waals surface area contributed by atoms with Gasteiger partial charge in [0.1, 0.15) is 11.6 Å². The van der Waals surface area contributed by atoms with E-state index in [1.165, 1.54) is 5.56 Å². The number of fused-ring (bicyclic) bond motifs is 1. The van der Waals surface area contributed by atoms with Crippen LogP contribution in [-0.2, 0) is 45.5 Å². The van der Waals surface area contributed by atoms with E-state index >= 15 is 0 Å². The van der Waals surface area contributed by atoms with Gasteiger partial charge in [-0.3, -0.25) is 4.90 Å². The molecule has 0 amide bonds. The van der Waals surface area contributed by atoms with E-state index < -0.39 is 0 Å². The van der Waals surface area contributed by atoms with Gasteiger partial charge in [0.2, 0.25) is 0 Å². The maximum atomic E-state index is 5.01. The number of para-hydroxylation sites is 1. The van der Waals surface area contributed by atoms with Gasteiger partial charge in [-0.1, -0.05) is 80.2 Å². The number of pyridine rings is 2. The minimum absolute atomic E-state index is 0. The van der Waals surface area contributed by atoms with E-state index in [0.717, 1.165) is 58.6 Å². The van der Waals surface area contributed by atoms with Crippen LogP contribution in [0.25, 0.3) is 11.4 Å². The summed E-state index contributed by atoms with van der Waals surface area (Å²) in [5.74, 6) is 1.63. The van der Waals surface area contributed by atoms with E-state index in [4.69, 9.17) is 17.6 Å². The predicted molar refractivity (Wildman–Crippen MR) is 151 cm³/mol. The van der Waals surface area contributed by atoms with Gasteiger partial charge in [0, 0.05) is 23.0 Å². The first kappa shape index (κ1) is 27.7. The Bertz CT molecular complexity index is 1400. The smallest absolute Gasteiger partial charge is 0.780 e. The molecular formula is C31H29N5PtS. The second-order valence-electron chi connectivity index (χ2n) is 9.67. The monoisotopic (exact) mass is 698 g/mol. The SMILES string of the molecule is CC1(C)CCCc2c1n[n-]c2-c1cccc(N(c2ccccc2)c2ccccn2)n1.[Pt+2].[S-]c1ccccc1. The quantitative estimate of drug-likeness (QED) is 0.186. The molecule has 0 fully saturated rings. The number of hydrogen-bond donors (Lipinski definition) is 0. The van der Waals surface area contributed by atoms with Gasteiger partial charge in [-0.2, -0.15) is 4.90 Å². The second-order valence-corrected chi connectivity index (χ2v) is 10.1. The van der Waals surface area contributed by atoms with Crippen molar-refractivity contribution >= 4 is 30.0 Å². The van der Waals surface area contributed by atoms with Crippen LogP contribution in [-0.4, -0.2) is 15.1 Å². The zero-order valence-electron chi connectivity index (χ0n) is 21.4. The van der Waals surface area contributed by atoms with Crippen molar-refractivity contribution in [2.45, 2.75) is 43.4 Å². The molecule has 2 aromatic carbocycles. The topological polar surface area (TPSA) is 56.0 Å². The Morgan fingerprint density at radius 2 is 1.50 bits per heavy atom. The van der Waals surface area contributed by atoms with E-state index in [1.807, 2.05) is 84.9 Å². The number of nitrogens with zero attached hydrogens (tertiary/aromatic N) is 5. The summed E-state index contributed by atoms with van der Waals surface area (Å²) >= 11 is 4.81. The Morgan fingerprint density at radius 1 is 0.816 bits per heavy atom. The Morgan fingerprint density at radius 3 is 2.16 bits per heavy atom. The first-order valence-electron chi connectivity index (χ1n) is 12.5. The van der Waals surface area contributed by atoms with Gasteiger partial charge in [0.05, 0.1) is 5.69 Å². The second kappa shape index (κ2) is 12.5. The standard InChI is InChI=1S/C25H24N5.C6H6S.Pt/c1-25(2)16-9-12-19-23(28-29-24(19)25)20-13-8-15-22(27-20)30(18-10-4-3-5-11-18)21-14-6-7-17-26-21;7-6-4-2-1-3-5-6;/h3-8,10-11,13-15,17H,9,12,16H2,1-2H3;1-5,7H;/q-1;;+2/p-1. The molecule has 3 aromatic heterocycles. The van der Waals surface area contributed by atoms with E-state index in [9.17, 15) is 0 Å². The zero-order valence-corrected chi connectivity index (χ0v) is 24.5. The van der Waals surface area contributed by atoms with Gasteiger partial charge in [-0.25, -0.2) is 9.97 Å². The Balaban J connectivity index is 0.000000367. The molecule has 0 saturated heterocycles. The molecule has 0 aliphatic heterocycles. The van der Waals surface area contributed by atoms with Gasteiger partial charge >= 0.3 is 21.1 Å². The first-order valence-corrected chi connectivity index (χ1v) is 12.9. The molecule has 1 aliphatic rings. The minimum Gasteiger partial charge on any atom is -0.780 e. The fourth-order valence-corrected chi connectivity index (χ4v) is 4.85. The molecule has 0 atom stereocenters. The number of benzene rings is 2. The van der Waals surface area contributed by atoms with Crippen LogP contribution in [0.4, 0.5) is 17.3 Å². The molecule has 7 heteroatoms. The average Bonchev–Trinajstić information content (AvgIpc) is 3.37. The van der Waals surface area contributed by atoms with Crippen LogP contribution in [0.3, 0.4) is 0 Å². The molecule has 0 radical (unpaired) electrons. The summed E-state index contributed by atoms with van der Waals surface area (Å²) in [6.45, 7) is 4.51. The number of hydrogen-bond acceptors (Lipinski definition) is 5. The van der Waals surface area contributed by atoms with Crippen molar-refractivity contribution < 1.29 is 21.1 Å². The van der Waals surface area contributed by atoms with Crippen LogP contribution in [0.5, 0.6) is 0 Å². The van der Waals surface area contributed by atoms with Crippen molar-refractivity contribution in [3.05, 3.63) is 115 Å². The van der Waals surface area contributed by atoms with Gasteiger partial charge in [-0.15, -0.1) is 0 Å². The largest absolute Gasteiger partial charge is 2.00 e. The molecule has 1 aliphatic carbocycles. The number of anilines is 3. The van der Waals surface area contributed by atoms with Gasteiger partial charge in [0.15, 0.2) is 0 Å². The van der Waals surface area contributed by atoms with Crippen molar-refractivity contribution in [1.82, 2.24) is 20.2 Å². The Hall–Kier alpha value is -3.34.